The zero-order valence-corrected chi connectivity index (χ0v) is 15.8. The highest BCUT2D eigenvalue weighted by atomic mass is 79.9. The van der Waals surface area contributed by atoms with Crippen molar-refractivity contribution in [1.29, 1.82) is 0 Å². The van der Waals surface area contributed by atoms with Crippen molar-refractivity contribution in [1.82, 2.24) is 0 Å². The summed E-state index contributed by atoms with van der Waals surface area (Å²) in [6.07, 6.45) is 3.95. The molecule has 0 saturated heterocycles. The predicted molar refractivity (Wildman–Crippen MR) is 94.0 cm³/mol. The van der Waals surface area contributed by atoms with Crippen LogP contribution in [0.3, 0.4) is 0 Å². The van der Waals surface area contributed by atoms with Gasteiger partial charge in [0.25, 0.3) is 0 Å². The highest BCUT2D eigenvalue weighted by Gasteiger charge is 2.33. The standard InChI is InChI=1S/C17H29BrSi/c1-17(2,3)19(4,5)13-7-6-8-15-9-11-16(14-18)12-10-15/h9-12H,6-8,13-14H2,1-5H3. The molecule has 0 unspecified atom stereocenters. The van der Waals surface area contributed by atoms with Gasteiger partial charge in [0.15, 0.2) is 0 Å². The molecule has 1 rings (SSSR count). The Hall–Kier alpha value is -0.0831. The van der Waals surface area contributed by atoms with Crippen molar-refractivity contribution < 1.29 is 0 Å². The van der Waals surface area contributed by atoms with Crippen LogP contribution in [0.2, 0.25) is 24.2 Å². The van der Waals surface area contributed by atoms with Crippen LogP contribution in [0.15, 0.2) is 24.3 Å². The molecule has 0 aliphatic rings. The number of unbranched alkanes of at least 4 members (excludes halogenated alkanes) is 1. The summed E-state index contributed by atoms with van der Waals surface area (Å²) < 4.78 is 0. The van der Waals surface area contributed by atoms with Gasteiger partial charge in [-0.15, -0.1) is 0 Å². The largest absolute Gasteiger partial charge is 0.0876 e. The number of hydrogen-bond donors (Lipinski definition) is 0. The average Bonchev–Trinajstić information content (AvgIpc) is 2.34. The van der Waals surface area contributed by atoms with Crippen LogP contribution < -0.4 is 0 Å². The number of alkyl halides is 1. The van der Waals surface area contributed by atoms with Gasteiger partial charge in [-0.3, -0.25) is 0 Å². The van der Waals surface area contributed by atoms with Gasteiger partial charge in [-0.2, -0.15) is 0 Å². The molecule has 0 fully saturated rings. The van der Waals surface area contributed by atoms with Gasteiger partial charge in [0.2, 0.25) is 0 Å². The Balaban J connectivity index is 2.34. The molecule has 19 heavy (non-hydrogen) atoms. The van der Waals surface area contributed by atoms with Crippen LogP contribution >= 0.6 is 15.9 Å². The smallest absolute Gasteiger partial charge is 0.0527 e. The third kappa shape index (κ3) is 5.43. The number of hydrogen-bond acceptors (Lipinski definition) is 0. The van der Waals surface area contributed by atoms with Crippen LogP contribution in [0, 0.1) is 0 Å². The lowest BCUT2D eigenvalue weighted by molar-refractivity contribution is 0.693. The second-order valence-corrected chi connectivity index (χ2v) is 13.6. The first kappa shape index (κ1) is 17.0. The molecule has 0 aliphatic heterocycles. The first-order valence-electron chi connectivity index (χ1n) is 7.40. The molecule has 0 N–H and O–H groups in total. The summed E-state index contributed by atoms with van der Waals surface area (Å²) in [5, 5.41) is 1.49. The molecular weight excluding hydrogens is 312 g/mol. The van der Waals surface area contributed by atoms with Crippen molar-refractivity contribution in [3.8, 4) is 0 Å². The van der Waals surface area contributed by atoms with Gasteiger partial charge >= 0.3 is 0 Å². The van der Waals surface area contributed by atoms with Crippen molar-refractivity contribution in [2.45, 2.75) is 69.5 Å². The fourth-order valence-electron chi connectivity index (χ4n) is 2.07. The molecule has 2 heteroatoms. The normalized spacial score (nSPS) is 12.7. The first-order chi connectivity index (χ1) is 8.76. The average molecular weight is 341 g/mol. The number of rotatable bonds is 6. The first-order valence-corrected chi connectivity index (χ1v) is 11.7. The molecule has 0 aromatic heterocycles. The summed E-state index contributed by atoms with van der Waals surface area (Å²) in [5.74, 6) is 0. The van der Waals surface area contributed by atoms with E-state index in [-0.39, 0.29) is 0 Å². The molecule has 0 radical (unpaired) electrons. The van der Waals surface area contributed by atoms with Crippen LogP contribution in [0.5, 0.6) is 0 Å². The van der Waals surface area contributed by atoms with Crippen molar-refractivity contribution >= 4 is 24.0 Å². The molecular formula is C17H29BrSi. The quantitative estimate of drug-likeness (QED) is 0.318. The van der Waals surface area contributed by atoms with E-state index in [2.05, 4.69) is 74.1 Å². The highest BCUT2D eigenvalue weighted by molar-refractivity contribution is 9.08. The SMILES string of the molecule is CC(C)(C)[Si](C)(C)CCCCc1ccc(CBr)cc1. The number of halogens is 1. The topological polar surface area (TPSA) is 0 Å². The Bertz CT molecular complexity index is 373. The van der Waals surface area contributed by atoms with Gasteiger partial charge in [0.1, 0.15) is 0 Å². The van der Waals surface area contributed by atoms with Crippen molar-refractivity contribution in [2.24, 2.45) is 0 Å². The van der Waals surface area contributed by atoms with Gasteiger partial charge in [-0.25, -0.2) is 0 Å². The Labute approximate surface area is 129 Å². The lowest BCUT2D eigenvalue weighted by Crippen LogP contribution is -2.36. The van der Waals surface area contributed by atoms with Gasteiger partial charge < -0.3 is 0 Å². The van der Waals surface area contributed by atoms with E-state index in [1.807, 2.05) is 0 Å². The van der Waals surface area contributed by atoms with Crippen molar-refractivity contribution in [2.75, 3.05) is 0 Å². The lowest BCUT2D eigenvalue weighted by atomic mass is 10.1. The molecule has 1 aromatic carbocycles. The third-order valence-electron chi connectivity index (χ3n) is 4.72. The zero-order valence-electron chi connectivity index (χ0n) is 13.2. The number of benzene rings is 1. The van der Waals surface area contributed by atoms with Crippen LogP contribution in [0.1, 0.15) is 44.7 Å². The lowest BCUT2D eigenvalue weighted by Gasteiger charge is -2.37. The Morgan fingerprint density at radius 2 is 1.47 bits per heavy atom. The highest BCUT2D eigenvalue weighted by Crippen LogP contribution is 2.39. The van der Waals surface area contributed by atoms with Crippen LogP contribution in [-0.2, 0) is 11.8 Å². The molecule has 0 saturated carbocycles. The minimum absolute atomic E-state index is 0.532. The monoisotopic (exact) mass is 340 g/mol. The minimum atomic E-state index is -1.06. The second-order valence-electron chi connectivity index (χ2n) is 7.29. The molecule has 108 valence electrons. The van der Waals surface area contributed by atoms with Crippen LogP contribution in [-0.4, -0.2) is 8.07 Å². The molecule has 0 spiro atoms. The molecule has 0 bridgehead atoms. The van der Waals surface area contributed by atoms with Crippen molar-refractivity contribution in [3.63, 3.8) is 0 Å². The maximum absolute atomic E-state index is 3.49. The maximum Gasteiger partial charge on any atom is 0.0527 e. The fraction of sp³-hybridized carbons (Fsp3) is 0.647. The van der Waals surface area contributed by atoms with Gasteiger partial charge in [0.05, 0.1) is 8.07 Å². The third-order valence-corrected chi connectivity index (χ3v) is 11.0. The Kier molecular flexibility index (Phi) is 6.32. The van der Waals surface area contributed by atoms with E-state index in [9.17, 15) is 0 Å². The molecule has 0 heterocycles. The molecule has 0 aliphatic carbocycles. The summed E-state index contributed by atoms with van der Waals surface area (Å²) in [6, 6.07) is 10.5. The summed E-state index contributed by atoms with van der Waals surface area (Å²) in [4.78, 5) is 0. The van der Waals surface area contributed by atoms with Gasteiger partial charge in [-0.05, 0) is 29.0 Å². The summed E-state index contributed by atoms with van der Waals surface area (Å²) in [6.45, 7) is 12.3. The van der Waals surface area contributed by atoms with E-state index in [0.717, 1.165) is 5.33 Å². The molecule has 0 nitrogen and oxygen atoms in total. The predicted octanol–water partition coefficient (Wildman–Crippen LogP) is 6.41. The van der Waals surface area contributed by atoms with Crippen molar-refractivity contribution in [3.05, 3.63) is 35.4 Å². The van der Waals surface area contributed by atoms with E-state index >= 15 is 0 Å². The van der Waals surface area contributed by atoms with E-state index in [4.69, 9.17) is 0 Å². The van der Waals surface area contributed by atoms with E-state index in [1.54, 1.807) is 0 Å². The Morgan fingerprint density at radius 1 is 0.947 bits per heavy atom. The second kappa shape index (κ2) is 7.08. The van der Waals surface area contributed by atoms with Crippen LogP contribution in [0.25, 0.3) is 0 Å². The Morgan fingerprint density at radius 3 is 1.95 bits per heavy atom. The molecule has 1 aromatic rings. The van der Waals surface area contributed by atoms with Crippen LogP contribution in [0.4, 0.5) is 0 Å². The van der Waals surface area contributed by atoms with Gasteiger partial charge in [0, 0.05) is 5.33 Å². The minimum Gasteiger partial charge on any atom is -0.0876 e. The van der Waals surface area contributed by atoms with Gasteiger partial charge in [-0.1, -0.05) is 86.5 Å². The maximum atomic E-state index is 3.49. The van der Waals surface area contributed by atoms with E-state index < -0.39 is 8.07 Å². The zero-order chi connectivity index (χ0) is 14.5. The summed E-state index contributed by atoms with van der Waals surface area (Å²) >= 11 is 3.49. The fourth-order valence-corrected chi connectivity index (χ4v) is 4.32. The molecule has 0 amide bonds. The number of aryl methyl sites for hydroxylation is 1. The van der Waals surface area contributed by atoms with E-state index in [0.29, 0.717) is 5.04 Å². The summed E-state index contributed by atoms with van der Waals surface area (Å²) in [7, 11) is -1.06. The van der Waals surface area contributed by atoms with E-state index in [1.165, 1.54) is 36.4 Å². The molecule has 0 atom stereocenters. The summed E-state index contributed by atoms with van der Waals surface area (Å²) in [5.41, 5.74) is 2.85.